The molecule has 4 N–H and O–H groups in total. The number of nitrogens with zero attached hydrogens (tertiary/aromatic N) is 1. The molecule has 1 saturated heterocycles. The average Bonchev–Trinajstić information content (AvgIpc) is 3.10. The summed E-state index contributed by atoms with van der Waals surface area (Å²) < 4.78 is 5.53. The van der Waals surface area contributed by atoms with Crippen molar-refractivity contribution >= 4 is 17.6 Å². The van der Waals surface area contributed by atoms with E-state index in [1.54, 1.807) is 0 Å². The lowest BCUT2D eigenvalue weighted by Gasteiger charge is -2.24. The Morgan fingerprint density at radius 1 is 1.30 bits per heavy atom. The van der Waals surface area contributed by atoms with Crippen molar-refractivity contribution in [1.29, 1.82) is 0 Å². The lowest BCUT2D eigenvalue weighted by molar-refractivity contribution is -0.114. The van der Waals surface area contributed by atoms with Crippen LogP contribution in [0.1, 0.15) is 32.3 Å². The second-order valence-corrected chi connectivity index (χ2v) is 7.03. The summed E-state index contributed by atoms with van der Waals surface area (Å²) in [5, 5.41) is 18.7. The van der Waals surface area contributed by atoms with Crippen LogP contribution in [0.15, 0.2) is 29.3 Å². The number of benzene rings is 1. The Hall–Kier alpha value is -2.12. The summed E-state index contributed by atoms with van der Waals surface area (Å²) >= 11 is 0. The summed E-state index contributed by atoms with van der Waals surface area (Å²) in [7, 11) is 0. The molecule has 0 saturated carbocycles. The Labute approximate surface area is 161 Å². The molecule has 0 bridgehead atoms. The van der Waals surface area contributed by atoms with E-state index in [4.69, 9.17) is 9.73 Å². The first-order valence-corrected chi connectivity index (χ1v) is 9.64. The van der Waals surface area contributed by atoms with Crippen molar-refractivity contribution in [2.45, 2.75) is 33.1 Å². The summed E-state index contributed by atoms with van der Waals surface area (Å²) in [6, 6.07) is 7.86. The van der Waals surface area contributed by atoms with Gasteiger partial charge in [0.2, 0.25) is 5.91 Å². The smallest absolute Gasteiger partial charge is 0.221 e. The molecule has 1 aromatic rings. The monoisotopic (exact) mass is 376 g/mol. The van der Waals surface area contributed by atoms with Gasteiger partial charge in [0.15, 0.2) is 5.96 Å². The van der Waals surface area contributed by atoms with Crippen LogP contribution in [-0.4, -0.2) is 56.4 Å². The van der Waals surface area contributed by atoms with E-state index in [1.807, 2.05) is 31.2 Å². The zero-order chi connectivity index (χ0) is 19.5. The number of hydrogen-bond acceptors (Lipinski definition) is 4. The van der Waals surface area contributed by atoms with E-state index in [1.165, 1.54) is 12.5 Å². The Kier molecular flexibility index (Phi) is 8.54. The molecular formula is C20H32N4O3. The summed E-state index contributed by atoms with van der Waals surface area (Å²) in [6.45, 7) is 7.31. The molecule has 1 aliphatic rings. The highest BCUT2D eigenvalue weighted by atomic mass is 16.5. The van der Waals surface area contributed by atoms with Gasteiger partial charge in [-0.25, -0.2) is 0 Å². The number of nitrogens with one attached hydrogen (secondary N) is 3. The van der Waals surface area contributed by atoms with Crippen LogP contribution in [-0.2, 0) is 16.0 Å². The van der Waals surface area contributed by atoms with Gasteiger partial charge in [-0.05, 0) is 43.9 Å². The number of hydrogen-bond donors (Lipinski definition) is 4. The molecule has 1 aromatic carbocycles. The van der Waals surface area contributed by atoms with E-state index in [0.29, 0.717) is 13.2 Å². The number of aliphatic hydroxyl groups excluding tert-OH is 1. The zero-order valence-electron chi connectivity index (χ0n) is 16.4. The Bertz CT molecular complexity index is 610. The molecule has 1 fully saturated rings. The first-order valence-electron chi connectivity index (χ1n) is 9.64. The van der Waals surface area contributed by atoms with Crippen molar-refractivity contribution < 1.29 is 14.6 Å². The third-order valence-corrected chi connectivity index (χ3v) is 4.72. The Morgan fingerprint density at radius 3 is 2.67 bits per heavy atom. The van der Waals surface area contributed by atoms with Crippen molar-refractivity contribution in [2.75, 3.05) is 44.8 Å². The van der Waals surface area contributed by atoms with Gasteiger partial charge in [-0.3, -0.25) is 9.79 Å². The van der Waals surface area contributed by atoms with Crippen LogP contribution in [0.4, 0.5) is 5.69 Å². The van der Waals surface area contributed by atoms with Gasteiger partial charge in [-0.1, -0.05) is 12.1 Å². The Morgan fingerprint density at radius 2 is 2.07 bits per heavy atom. The van der Waals surface area contributed by atoms with E-state index >= 15 is 0 Å². The molecule has 0 aliphatic carbocycles. The fourth-order valence-corrected chi connectivity index (χ4v) is 3.16. The van der Waals surface area contributed by atoms with E-state index in [-0.39, 0.29) is 17.9 Å². The summed E-state index contributed by atoms with van der Waals surface area (Å²) in [5.74, 6) is 0.721. The lowest BCUT2D eigenvalue weighted by atomic mass is 9.84. The van der Waals surface area contributed by atoms with E-state index in [9.17, 15) is 9.90 Å². The molecule has 0 spiro atoms. The molecule has 0 aromatic heterocycles. The molecule has 150 valence electrons. The van der Waals surface area contributed by atoms with Crippen LogP contribution in [0.5, 0.6) is 0 Å². The van der Waals surface area contributed by atoms with Crippen LogP contribution >= 0.6 is 0 Å². The van der Waals surface area contributed by atoms with Crippen molar-refractivity contribution in [3.8, 4) is 0 Å². The molecule has 7 heteroatoms. The van der Waals surface area contributed by atoms with Gasteiger partial charge < -0.3 is 25.8 Å². The Balaban J connectivity index is 1.85. The molecule has 1 heterocycles. The SMILES string of the molecule is CCNC(=NCC1(CCO)CCOC1)NCCc1ccc(NC(C)=O)cc1. The lowest BCUT2D eigenvalue weighted by Crippen LogP contribution is -2.39. The molecule has 1 unspecified atom stereocenters. The number of carbonyl (C=O) groups excluding carboxylic acids is 1. The average molecular weight is 377 g/mol. The van der Waals surface area contributed by atoms with Crippen LogP contribution in [0.3, 0.4) is 0 Å². The molecule has 1 aliphatic heterocycles. The van der Waals surface area contributed by atoms with Crippen molar-refractivity contribution in [2.24, 2.45) is 10.4 Å². The highest BCUT2D eigenvalue weighted by Gasteiger charge is 2.34. The van der Waals surface area contributed by atoms with E-state index in [0.717, 1.165) is 50.6 Å². The predicted octanol–water partition coefficient (Wildman–Crippen LogP) is 1.53. The molecular weight excluding hydrogens is 344 g/mol. The third kappa shape index (κ3) is 7.19. The maximum absolute atomic E-state index is 11.1. The topological polar surface area (TPSA) is 95.0 Å². The van der Waals surface area contributed by atoms with Gasteiger partial charge in [0.05, 0.1) is 13.2 Å². The number of amides is 1. The van der Waals surface area contributed by atoms with Crippen LogP contribution in [0.2, 0.25) is 0 Å². The van der Waals surface area contributed by atoms with Gasteiger partial charge in [-0.2, -0.15) is 0 Å². The minimum atomic E-state index is -0.0671. The van der Waals surface area contributed by atoms with Crippen LogP contribution < -0.4 is 16.0 Å². The molecule has 7 nitrogen and oxygen atoms in total. The summed E-state index contributed by atoms with van der Waals surface area (Å²) in [6.07, 6.45) is 2.52. The normalized spacial score (nSPS) is 19.7. The number of carbonyl (C=O) groups is 1. The quantitative estimate of drug-likeness (QED) is 0.387. The fraction of sp³-hybridized carbons (Fsp3) is 0.600. The second-order valence-electron chi connectivity index (χ2n) is 7.03. The second kappa shape index (κ2) is 10.9. The number of guanidine groups is 1. The number of ether oxygens (including phenoxy) is 1. The molecule has 1 atom stereocenters. The van der Waals surface area contributed by atoms with Crippen molar-refractivity contribution in [3.63, 3.8) is 0 Å². The van der Waals surface area contributed by atoms with Gasteiger partial charge in [0, 0.05) is 44.3 Å². The fourth-order valence-electron chi connectivity index (χ4n) is 3.16. The number of anilines is 1. The maximum atomic E-state index is 11.1. The van der Waals surface area contributed by atoms with E-state index < -0.39 is 0 Å². The maximum Gasteiger partial charge on any atom is 0.221 e. The van der Waals surface area contributed by atoms with Crippen LogP contribution in [0.25, 0.3) is 0 Å². The third-order valence-electron chi connectivity index (χ3n) is 4.72. The minimum Gasteiger partial charge on any atom is -0.396 e. The largest absolute Gasteiger partial charge is 0.396 e. The minimum absolute atomic E-state index is 0.0450. The number of aliphatic hydroxyl groups is 1. The number of aliphatic imine (C=N–C) groups is 1. The van der Waals surface area contributed by atoms with E-state index in [2.05, 4.69) is 16.0 Å². The molecule has 27 heavy (non-hydrogen) atoms. The van der Waals surface area contributed by atoms with Crippen molar-refractivity contribution in [3.05, 3.63) is 29.8 Å². The van der Waals surface area contributed by atoms with Gasteiger partial charge in [0.1, 0.15) is 0 Å². The van der Waals surface area contributed by atoms with Gasteiger partial charge in [0.25, 0.3) is 0 Å². The summed E-state index contributed by atoms with van der Waals surface area (Å²) in [5.41, 5.74) is 1.95. The van der Waals surface area contributed by atoms with Crippen molar-refractivity contribution in [1.82, 2.24) is 10.6 Å². The van der Waals surface area contributed by atoms with Crippen LogP contribution in [0, 0.1) is 5.41 Å². The van der Waals surface area contributed by atoms with Gasteiger partial charge in [-0.15, -0.1) is 0 Å². The molecule has 1 amide bonds. The highest BCUT2D eigenvalue weighted by molar-refractivity contribution is 5.88. The first-order chi connectivity index (χ1) is 13.1. The summed E-state index contributed by atoms with van der Waals surface area (Å²) in [4.78, 5) is 15.8. The zero-order valence-corrected chi connectivity index (χ0v) is 16.4. The molecule has 0 radical (unpaired) electrons. The van der Waals surface area contributed by atoms with Gasteiger partial charge >= 0.3 is 0 Å². The molecule has 2 rings (SSSR count). The predicted molar refractivity (Wildman–Crippen MR) is 108 cm³/mol. The number of rotatable bonds is 9. The highest BCUT2D eigenvalue weighted by Crippen LogP contribution is 2.32. The standard InChI is InChI=1S/C20H32N4O3/c1-3-21-19(23-14-20(9-12-25)10-13-27-15-20)22-11-8-17-4-6-18(7-5-17)24-16(2)26/h4-7,25H,3,8-15H2,1-2H3,(H,24,26)(H2,21,22,23). The first kappa shape index (κ1) is 21.2.